The Hall–Kier alpha value is -1.91. The molecule has 1 aromatic heterocycles. The van der Waals surface area contributed by atoms with Gasteiger partial charge in [-0.15, -0.1) is 0 Å². The molecule has 0 spiro atoms. The number of carbonyl (C=O) groups excluding carboxylic acids is 2. The molecule has 0 bridgehead atoms. The van der Waals surface area contributed by atoms with Gasteiger partial charge in [0, 0.05) is 28.4 Å². The highest BCUT2D eigenvalue weighted by Gasteiger charge is 2.24. The summed E-state index contributed by atoms with van der Waals surface area (Å²) in [5.74, 6) is -0.524. The summed E-state index contributed by atoms with van der Waals surface area (Å²) in [7, 11) is 0. The van der Waals surface area contributed by atoms with Gasteiger partial charge in [0.05, 0.1) is 16.3 Å². The molecule has 1 aromatic carbocycles. The van der Waals surface area contributed by atoms with Crippen LogP contribution in [0.25, 0.3) is 0 Å². The molecule has 0 fully saturated rings. The smallest absolute Gasteiger partial charge is 0.229 e. The Labute approximate surface area is 144 Å². The molecule has 2 rings (SSSR count). The van der Waals surface area contributed by atoms with Gasteiger partial charge in [-0.25, -0.2) is 0 Å². The zero-order valence-electron chi connectivity index (χ0n) is 13.0. The van der Waals surface area contributed by atoms with Crippen LogP contribution in [0.1, 0.15) is 36.7 Å². The molecule has 0 saturated heterocycles. The van der Waals surface area contributed by atoms with Crippen LogP contribution in [-0.4, -0.2) is 16.7 Å². The van der Waals surface area contributed by atoms with Gasteiger partial charge in [-0.2, -0.15) is 0 Å². The highest BCUT2D eigenvalue weighted by atomic mass is 35.5. The monoisotopic (exact) mass is 350 g/mol. The minimum absolute atomic E-state index is 0.194. The summed E-state index contributed by atoms with van der Waals surface area (Å²) in [4.78, 5) is 28.8. The summed E-state index contributed by atoms with van der Waals surface area (Å²) >= 11 is 11.9. The molecule has 0 aliphatic rings. The fourth-order valence-electron chi connectivity index (χ4n) is 1.81. The lowest BCUT2D eigenvalue weighted by atomic mass is 9.95. The van der Waals surface area contributed by atoms with Crippen molar-refractivity contribution in [2.24, 2.45) is 5.41 Å². The average molecular weight is 351 g/mol. The maximum atomic E-state index is 12.7. The minimum atomic E-state index is -0.582. The first kappa shape index (κ1) is 17.4. The molecule has 1 N–H and O–H groups in total. The SMILES string of the molecule is CC(C)(C)C(=O)Nc1ccncc1C(=O)c1ccc(Cl)cc1Cl. The number of nitrogens with zero attached hydrogens (tertiary/aromatic N) is 1. The van der Waals surface area contributed by atoms with Gasteiger partial charge in [0.1, 0.15) is 0 Å². The number of amides is 1. The molecule has 0 radical (unpaired) electrons. The van der Waals surface area contributed by atoms with E-state index in [1.807, 2.05) is 0 Å². The predicted molar refractivity (Wildman–Crippen MR) is 92.2 cm³/mol. The van der Waals surface area contributed by atoms with Crippen LogP contribution >= 0.6 is 23.2 Å². The number of benzene rings is 1. The first-order chi connectivity index (χ1) is 10.7. The molecule has 4 nitrogen and oxygen atoms in total. The fourth-order valence-corrected chi connectivity index (χ4v) is 2.31. The summed E-state index contributed by atoms with van der Waals surface area (Å²) in [6.45, 7) is 5.38. The number of nitrogens with one attached hydrogen (secondary N) is 1. The highest BCUT2D eigenvalue weighted by Crippen LogP contribution is 2.27. The zero-order chi connectivity index (χ0) is 17.2. The molecule has 23 heavy (non-hydrogen) atoms. The topological polar surface area (TPSA) is 59.1 Å². The van der Waals surface area contributed by atoms with Crippen molar-refractivity contribution in [2.75, 3.05) is 5.32 Å². The van der Waals surface area contributed by atoms with Crippen LogP contribution in [0.3, 0.4) is 0 Å². The van der Waals surface area contributed by atoms with E-state index >= 15 is 0 Å². The normalized spacial score (nSPS) is 11.2. The highest BCUT2D eigenvalue weighted by molar-refractivity contribution is 6.37. The van der Waals surface area contributed by atoms with E-state index in [0.29, 0.717) is 16.3 Å². The number of ketones is 1. The number of pyridine rings is 1. The van der Waals surface area contributed by atoms with Crippen LogP contribution in [-0.2, 0) is 4.79 Å². The van der Waals surface area contributed by atoms with Gasteiger partial charge in [-0.05, 0) is 24.3 Å². The van der Waals surface area contributed by atoms with Crippen molar-refractivity contribution in [1.82, 2.24) is 4.98 Å². The van der Waals surface area contributed by atoms with Crippen molar-refractivity contribution < 1.29 is 9.59 Å². The zero-order valence-corrected chi connectivity index (χ0v) is 14.5. The van der Waals surface area contributed by atoms with Crippen molar-refractivity contribution in [1.29, 1.82) is 0 Å². The molecule has 0 aliphatic carbocycles. The first-order valence-electron chi connectivity index (χ1n) is 6.95. The Bertz CT molecular complexity index is 767. The van der Waals surface area contributed by atoms with Crippen LogP contribution in [0, 0.1) is 5.41 Å². The maximum absolute atomic E-state index is 12.7. The molecule has 120 valence electrons. The number of hydrogen-bond acceptors (Lipinski definition) is 3. The van der Waals surface area contributed by atoms with E-state index in [2.05, 4.69) is 10.3 Å². The lowest BCUT2D eigenvalue weighted by molar-refractivity contribution is -0.123. The van der Waals surface area contributed by atoms with Gasteiger partial charge >= 0.3 is 0 Å². The Morgan fingerprint density at radius 2 is 1.78 bits per heavy atom. The summed E-state index contributed by atoms with van der Waals surface area (Å²) in [6.07, 6.45) is 2.92. The van der Waals surface area contributed by atoms with E-state index in [1.54, 1.807) is 39.0 Å². The van der Waals surface area contributed by atoms with Crippen LogP contribution in [0.2, 0.25) is 10.0 Å². The number of carbonyl (C=O) groups is 2. The molecule has 0 aliphatic heterocycles. The van der Waals surface area contributed by atoms with Crippen LogP contribution in [0.4, 0.5) is 5.69 Å². The quantitative estimate of drug-likeness (QED) is 0.822. The van der Waals surface area contributed by atoms with Gasteiger partial charge < -0.3 is 5.32 Å². The van der Waals surface area contributed by atoms with E-state index < -0.39 is 5.41 Å². The van der Waals surface area contributed by atoms with E-state index in [4.69, 9.17) is 23.2 Å². The fraction of sp³-hybridized carbons (Fsp3) is 0.235. The Kier molecular flexibility index (Phi) is 5.07. The molecule has 0 saturated carbocycles. The van der Waals surface area contributed by atoms with Crippen LogP contribution < -0.4 is 5.32 Å². The molecule has 1 amide bonds. The van der Waals surface area contributed by atoms with E-state index in [-0.39, 0.29) is 22.3 Å². The third-order valence-electron chi connectivity index (χ3n) is 3.17. The van der Waals surface area contributed by atoms with Crippen molar-refractivity contribution in [3.8, 4) is 0 Å². The number of aromatic nitrogens is 1. The van der Waals surface area contributed by atoms with Gasteiger partial charge in [0.25, 0.3) is 0 Å². The predicted octanol–water partition coefficient (Wildman–Crippen LogP) is 4.60. The van der Waals surface area contributed by atoms with Gasteiger partial charge in [-0.1, -0.05) is 44.0 Å². The van der Waals surface area contributed by atoms with Crippen LogP contribution in [0.15, 0.2) is 36.7 Å². The van der Waals surface area contributed by atoms with E-state index in [9.17, 15) is 9.59 Å². The van der Waals surface area contributed by atoms with Crippen molar-refractivity contribution >= 4 is 40.6 Å². The summed E-state index contributed by atoms with van der Waals surface area (Å²) < 4.78 is 0. The Balaban J connectivity index is 2.40. The van der Waals surface area contributed by atoms with Gasteiger partial charge in [0.15, 0.2) is 5.78 Å². The third kappa shape index (κ3) is 4.09. The largest absolute Gasteiger partial charge is 0.325 e. The van der Waals surface area contributed by atoms with Crippen LogP contribution in [0.5, 0.6) is 0 Å². The average Bonchev–Trinajstić information content (AvgIpc) is 2.46. The third-order valence-corrected chi connectivity index (χ3v) is 3.72. The van der Waals surface area contributed by atoms with Crippen molar-refractivity contribution in [3.05, 3.63) is 57.8 Å². The molecule has 1 heterocycles. The van der Waals surface area contributed by atoms with Crippen molar-refractivity contribution in [2.45, 2.75) is 20.8 Å². The second-order valence-corrected chi connectivity index (χ2v) is 6.92. The standard InChI is InChI=1S/C17H16Cl2N2O2/c1-17(2,3)16(23)21-14-6-7-20-9-12(14)15(22)11-5-4-10(18)8-13(11)19/h4-9H,1-3H3,(H,20,21,23). The maximum Gasteiger partial charge on any atom is 0.229 e. The lowest BCUT2D eigenvalue weighted by Crippen LogP contribution is -2.28. The van der Waals surface area contributed by atoms with Gasteiger partial charge in [0.2, 0.25) is 5.91 Å². The minimum Gasteiger partial charge on any atom is -0.325 e. The van der Waals surface area contributed by atoms with E-state index in [0.717, 1.165) is 0 Å². The van der Waals surface area contributed by atoms with Crippen molar-refractivity contribution in [3.63, 3.8) is 0 Å². The van der Waals surface area contributed by atoms with Gasteiger partial charge in [-0.3, -0.25) is 14.6 Å². The molecule has 6 heteroatoms. The summed E-state index contributed by atoms with van der Waals surface area (Å²) in [6, 6.07) is 6.22. The van der Waals surface area contributed by atoms with E-state index in [1.165, 1.54) is 18.5 Å². The second-order valence-electron chi connectivity index (χ2n) is 6.08. The molecule has 0 unspecified atom stereocenters. The number of hydrogen-bond donors (Lipinski definition) is 1. The number of anilines is 1. The Morgan fingerprint density at radius 1 is 1.09 bits per heavy atom. The number of halogens is 2. The lowest BCUT2D eigenvalue weighted by Gasteiger charge is -2.19. The first-order valence-corrected chi connectivity index (χ1v) is 7.71. The molecule has 0 atom stereocenters. The summed E-state index contributed by atoms with van der Waals surface area (Å²) in [5.41, 5.74) is 0.391. The molecular weight excluding hydrogens is 335 g/mol. The number of rotatable bonds is 3. The molecule has 2 aromatic rings. The Morgan fingerprint density at radius 3 is 2.39 bits per heavy atom. The molecular formula is C17H16Cl2N2O2. The second kappa shape index (κ2) is 6.69. The summed E-state index contributed by atoms with van der Waals surface area (Å²) in [5, 5.41) is 3.46.